The Bertz CT molecular complexity index is 549. The molecule has 0 atom stereocenters. The first-order chi connectivity index (χ1) is 12.6. The minimum atomic E-state index is 0.790. The summed E-state index contributed by atoms with van der Waals surface area (Å²) in [5.41, 5.74) is 1.37. The Labute approximate surface area is 173 Å². The molecule has 0 radical (unpaired) electrons. The smallest absolute Gasteiger partial charge is 0.0409 e. The minimum absolute atomic E-state index is 0.790. The standard InChI is InChI=1S/C22H34BrClN2/c1-2-25-21-6-3-17(4-7-21)9-12-26-13-10-18(11-14-26)15-19-16-20(24)5-8-22(19)23/h5,8,16-18,21,25H,2-4,6-7,9-15H2,1H3/t17-,21+. The molecule has 2 nitrogen and oxygen atoms in total. The van der Waals surface area contributed by atoms with Crippen molar-refractivity contribution in [1.82, 2.24) is 10.2 Å². The molecule has 1 saturated heterocycles. The van der Waals surface area contributed by atoms with Crippen LogP contribution in [0, 0.1) is 11.8 Å². The second kappa shape index (κ2) is 10.5. The van der Waals surface area contributed by atoms with Crippen LogP contribution in [-0.4, -0.2) is 37.1 Å². The lowest BCUT2D eigenvalue weighted by molar-refractivity contribution is 0.163. The van der Waals surface area contributed by atoms with Crippen LogP contribution in [0.25, 0.3) is 0 Å². The van der Waals surface area contributed by atoms with Gasteiger partial charge in [-0.15, -0.1) is 0 Å². The molecular formula is C22H34BrClN2. The molecule has 1 aliphatic heterocycles. The average Bonchev–Trinajstić information content (AvgIpc) is 2.65. The fraction of sp³-hybridized carbons (Fsp3) is 0.727. The molecule has 3 rings (SSSR count). The molecule has 1 aliphatic carbocycles. The lowest BCUT2D eigenvalue weighted by Gasteiger charge is -2.34. The molecule has 1 heterocycles. The zero-order valence-electron chi connectivity index (χ0n) is 16.2. The number of hydrogen-bond acceptors (Lipinski definition) is 2. The maximum atomic E-state index is 6.17. The second-order valence-electron chi connectivity index (χ2n) is 8.29. The maximum Gasteiger partial charge on any atom is 0.0409 e. The molecule has 0 unspecified atom stereocenters. The normalized spacial score (nSPS) is 25.5. The van der Waals surface area contributed by atoms with Crippen molar-refractivity contribution in [3.8, 4) is 0 Å². The summed E-state index contributed by atoms with van der Waals surface area (Å²) < 4.78 is 1.21. The highest BCUT2D eigenvalue weighted by Crippen LogP contribution is 2.30. The van der Waals surface area contributed by atoms with Crippen LogP contribution < -0.4 is 5.32 Å². The summed E-state index contributed by atoms with van der Waals surface area (Å²) in [6, 6.07) is 6.96. The first-order valence-corrected chi connectivity index (χ1v) is 11.7. The number of halogens is 2. The van der Waals surface area contributed by atoms with Gasteiger partial charge in [-0.05, 0) is 113 Å². The third kappa shape index (κ3) is 6.22. The molecular weight excluding hydrogens is 408 g/mol. The SMILES string of the molecule is CCN[C@H]1CC[C@@H](CCN2CCC(Cc3cc(Cl)ccc3Br)CC2)CC1. The third-order valence-corrected chi connectivity index (χ3v) is 7.43. The van der Waals surface area contributed by atoms with Crippen LogP contribution in [0.5, 0.6) is 0 Å². The van der Waals surface area contributed by atoms with Crippen LogP contribution in [-0.2, 0) is 6.42 Å². The van der Waals surface area contributed by atoms with Crippen LogP contribution in [0.4, 0.5) is 0 Å². The van der Waals surface area contributed by atoms with E-state index in [0.29, 0.717) is 0 Å². The lowest BCUT2D eigenvalue weighted by Crippen LogP contribution is -2.37. The first kappa shape index (κ1) is 20.6. The van der Waals surface area contributed by atoms with Gasteiger partial charge in [0.1, 0.15) is 0 Å². The second-order valence-corrected chi connectivity index (χ2v) is 9.58. The van der Waals surface area contributed by atoms with E-state index in [2.05, 4.69) is 45.2 Å². The summed E-state index contributed by atoms with van der Waals surface area (Å²) >= 11 is 9.84. The minimum Gasteiger partial charge on any atom is -0.314 e. The molecule has 0 aromatic heterocycles. The summed E-state index contributed by atoms with van der Waals surface area (Å²) in [5, 5.41) is 4.47. The molecule has 1 saturated carbocycles. The highest BCUT2D eigenvalue weighted by Gasteiger charge is 2.23. The van der Waals surface area contributed by atoms with Gasteiger partial charge in [0.25, 0.3) is 0 Å². The Hall–Kier alpha value is -0.0900. The number of likely N-dealkylation sites (tertiary alicyclic amines) is 1. The molecule has 146 valence electrons. The first-order valence-electron chi connectivity index (χ1n) is 10.5. The molecule has 0 spiro atoms. The van der Waals surface area contributed by atoms with Gasteiger partial charge >= 0.3 is 0 Å². The van der Waals surface area contributed by atoms with Crippen molar-refractivity contribution < 1.29 is 0 Å². The van der Waals surface area contributed by atoms with Crippen LogP contribution in [0.3, 0.4) is 0 Å². The van der Waals surface area contributed by atoms with Crippen LogP contribution >= 0.6 is 27.5 Å². The van der Waals surface area contributed by atoms with Crippen LogP contribution in [0.1, 0.15) is 57.4 Å². The molecule has 4 heteroatoms. The zero-order valence-corrected chi connectivity index (χ0v) is 18.5. The van der Waals surface area contributed by atoms with Crippen molar-refractivity contribution in [2.45, 2.75) is 64.3 Å². The number of nitrogens with one attached hydrogen (secondary N) is 1. The number of benzene rings is 1. The highest BCUT2D eigenvalue weighted by molar-refractivity contribution is 9.10. The van der Waals surface area contributed by atoms with Gasteiger partial charge in [-0.25, -0.2) is 0 Å². The van der Waals surface area contributed by atoms with Gasteiger partial charge in [0.2, 0.25) is 0 Å². The molecule has 2 aliphatic rings. The van der Waals surface area contributed by atoms with E-state index in [0.717, 1.165) is 35.9 Å². The fourth-order valence-electron chi connectivity index (χ4n) is 4.73. The predicted octanol–water partition coefficient (Wildman–Crippen LogP) is 5.92. The number of piperidine rings is 1. The van der Waals surface area contributed by atoms with E-state index in [9.17, 15) is 0 Å². The van der Waals surface area contributed by atoms with Crippen molar-refractivity contribution in [3.05, 3.63) is 33.3 Å². The molecule has 2 fully saturated rings. The van der Waals surface area contributed by atoms with Gasteiger partial charge < -0.3 is 10.2 Å². The summed E-state index contributed by atoms with van der Waals surface area (Å²) in [6.45, 7) is 7.20. The summed E-state index contributed by atoms with van der Waals surface area (Å²) in [5.74, 6) is 1.77. The van der Waals surface area contributed by atoms with Crippen LogP contribution in [0.15, 0.2) is 22.7 Å². The number of nitrogens with zero attached hydrogens (tertiary/aromatic N) is 1. The summed E-state index contributed by atoms with van der Waals surface area (Å²) in [6.07, 6.45) is 10.8. The zero-order chi connectivity index (χ0) is 18.4. The third-order valence-electron chi connectivity index (χ3n) is 6.42. The topological polar surface area (TPSA) is 15.3 Å². The Kier molecular flexibility index (Phi) is 8.30. The molecule has 1 N–H and O–H groups in total. The molecule has 1 aromatic rings. The van der Waals surface area contributed by atoms with Crippen molar-refractivity contribution >= 4 is 27.5 Å². The van der Waals surface area contributed by atoms with E-state index < -0.39 is 0 Å². The van der Waals surface area contributed by atoms with E-state index >= 15 is 0 Å². The monoisotopic (exact) mass is 440 g/mol. The van der Waals surface area contributed by atoms with Crippen molar-refractivity contribution in [2.75, 3.05) is 26.2 Å². The fourth-order valence-corrected chi connectivity index (χ4v) is 5.34. The highest BCUT2D eigenvalue weighted by atomic mass is 79.9. The Morgan fingerprint density at radius 3 is 2.50 bits per heavy atom. The van der Waals surface area contributed by atoms with Gasteiger partial charge in [-0.3, -0.25) is 0 Å². The largest absolute Gasteiger partial charge is 0.314 e. The Balaban J connectivity index is 1.35. The van der Waals surface area contributed by atoms with E-state index in [1.807, 2.05) is 6.07 Å². The van der Waals surface area contributed by atoms with Gasteiger partial charge in [0.05, 0.1) is 0 Å². The summed E-state index contributed by atoms with van der Waals surface area (Å²) in [7, 11) is 0. The van der Waals surface area contributed by atoms with Gasteiger partial charge in [0, 0.05) is 15.5 Å². The molecule has 26 heavy (non-hydrogen) atoms. The lowest BCUT2D eigenvalue weighted by atomic mass is 9.83. The van der Waals surface area contributed by atoms with E-state index in [-0.39, 0.29) is 0 Å². The van der Waals surface area contributed by atoms with E-state index in [1.165, 1.54) is 74.6 Å². The van der Waals surface area contributed by atoms with Crippen molar-refractivity contribution in [1.29, 1.82) is 0 Å². The molecule has 0 bridgehead atoms. The van der Waals surface area contributed by atoms with E-state index in [4.69, 9.17) is 11.6 Å². The van der Waals surface area contributed by atoms with Gasteiger partial charge in [-0.2, -0.15) is 0 Å². The quantitative estimate of drug-likeness (QED) is 0.565. The average molecular weight is 442 g/mol. The van der Waals surface area contributed by atoms with Crippen molar-refractivity contribution in [2.24, 2.45) is 11.8 Å². The number of rotatable bonds is 7. The van der Waals surface area contributed by atoms with E-state index in [1.54, 1.807) is 0 Å². The van der Waals surface area contributed by atoms with Gasteiger partial charge in [-0.1, -0.05) is 34.5 Å². The summed E-state index contributed by atoms with van der Waals surface area (Å²) in [4.78, 5) is 2.71. The van der Waals surface area contributed by atoms with Crippen molar-refractivity contribution in [3.63, 3.8) is 0 Å². The molecule has 1 aromatic carbocycles. The molecule has 0 amide bonds. The van der Waals surface area contributed by atoms with Gasteiger partial charge in [0.15, 0.2) is 0 Å². The number of hydrogen-bond donors (Lipinski definition) is 1. The Morgan fingerprint density at radius 1 is 1.08 bits per heavy atom. The Morgan fingerprint density at radius 2 is 1.81 bits per heavy atom. The maximum absolute atomic E-state index is 6.17. The predicted molar refractivity (Wildman–Crippen MR) is 116 cm³/mol. The van der Waals surface area contributed by atoms with Crippen LogP contribution in [0.2, 0.25) is 5.02 Å².